The summed E-state index contributed by atoms with van der Waals surface area (Å²) in [5.41, 5.74) is 8.24. The minimum absolute atomic E-state index is 0.222. The lowest BCUT2D eigenvalue weighted by molar-refractivity contribution is 0.397. The molecule has 0 fully saturated rings. The number of nitrogens with two attached hydrogens (primary N) is 1. The molecule has 0 aliphatic carbocycles. The lowest BCUT2D eigenvalue weighted by Gasteiger charge is -2.16. The molecule has 1 unspecified atom stereocenters. The van der Waals surface area contributed by atoms with E-state index in [9.17, 15) is 4.39 Å². The molecule has 0 aliphatic heterocycles. The van der Waals surface area contributed by atoms with Gasteiger partial charge in [-0.1, -0.05) is 33.1 Å². The maximum absolute atomic E-state index is 13.6. The number of nitrogen functional groups attached to an aromatic ring is 1. The van der Waals surface area contributed by atoms with Gasteiger partial charge in [0.2, 0.25) is 5.95 Å². The molecule has 0 spiro atoms. The number of halogens is 1. The van der Waals surface area contributed by atoms with Gasteiger partial charge in [0, 0.05) is 12.6 Å². The molecule has 110 valence electrons. The molecule has 0 aliphatic rings. The molecular weight excluding hydrogens is 253 g/mol. The molecule has 2 aromatic rings. The Balaban J connectivity index is 2.33. The lowest BCUT2D eigenvalue weighted by atomic mass is 9.99. The van der Waals surface area contributed by atoms with Gasteiger partial charge in [0.15, 0.2) is 0 Å². The predicted molar refractivity (Wildman–Crippen MR) is 82.1 cm³/mol. The van der Waals surface area contributed by atoms with E-state index in [2.05, 4.69) is 18.8 Å². The number of unbranched alkanes of at least 4 members (excludes halogenated alkanes) is 1. The highest BCUT2D eigenvalue weighted by molar-refractivity contribution is 5.79. The smallest absolute Gasteiger partial charge is 0.201 e. The van der Waals surface area contributed by atoms with Crippen molar-refractivity contribution in [3.8, 4) is 0 Å². The van der Waals surface area contributed by atoms with Crippen LogP contribution in [0.1, 0.15) is 45.1 Å². The number of hydrogen-bond acceptors (Lipinski definition) is 2. The lowest BCUT2D eigenvalue weighted by Crippen LogP contribution is -2.12. The van der Waals surface area contributed by atoms with E-state index < -0.39 is 0 Å². The predicted octanol–water partition coefficient (Wildman–Crippen LogP) is 4.28. The minimum atomic E-state index is -0.222. The number of fused-ring (bicyclic) bond motifs is 1. The number of imidazole rings is 1. The van der Waals surface area contributed by atoms with Gasteiger partial charge in [0.05, 0.1) is 11.0 Å². The van der Waals surface area contributed by atoms with Crippen LogP contribution in [0.5, 0.6) is 0 Å². The SMILES string of the molecule is CCCCC(CC)Cn1c(N)nc2cc(F)c(C)cc21. The maximum atomic E-state index is 13.6. The summed E-state index contributed by atoms with van der Waals surface area (Å²) in [5, 5.41) is 0. The van der Waals surface area contributed by atoms with E-state index in [1.165, 1.54) is 25.3 Å². The van der Waals surface area contributed by atoms with Crippen LogP contribution >= 0.6 is 0 Å². The van der Waals surface area contributed by atoms with Crippen molar-refractivity contribution >= 4 is 17.0 Å². The fourth-order valence-corrected chi connectivity index (χ4v) is 2.64. The van der Waals surface area contributed by atoms with Gasteiger partial charge in [-0.15, -0.1) is 0 Å². The van der Waals surface area contributed by atoms with E-state index >= 15 is 0 Å². The number of rotatable bonds is 6. The van der Waals surface area contributed by atoms with Gasteiger partial charge < -0.3 is 10.3 Å². The molecule has 0 saturated carbocycles. The van der Waals surface area contributed by atoms with E-state index in [1.807, 2.05) is 10.6 Å². The van der Waals surface area contributed by atoms with Crippen LogP contribution in [0.2, 0.25) is 0 Å². The van der Waals surface area contributed by atoms with Crippen molar-refractivity contribution in [2.75, 3.05) is 5.73 Å². The zero-order chi connectivity index (χ0) is 14.7. The van der Waals surface area contributed by atoms with E-state index in [4.69, 9.17) is 5.73 Å². The molecule has 0 amide bonds. The number of hydrogen-bond donors (Lipinski definition) is 1. The molecule has 2 N–H and O–H groups in total. The summed E-state index contributed by atoms with van der Waals surface area (Å²) < 4.78 is 15.6. The second kappa shape index (κ2) is 6.25. The molecule has 1 atom stereocenters. The van der Waals surface area contributed by atoms with E-state index in [0.717, 1.165) is 18.5 Å². The van der Waals surface area contributed by atoms with Gasteiger partial charge in [0.1, 0.15) is 5.82 Å². The fraction of sp³-hybridized carbons (Fsp3) is 0.562. The molecular formula is C16H24FN3. The minimum Gasteiger partial charge on any atom is -0.369 e. The first-order chi connectivity index (χ1) is 9.56. The normalized spacial score (nSPS) is 13.0. The van der Waals surface area contributed by atoms with Crippen molar-refractivity contribution in [2.24, 2.45) is 5.92 Å². The molecule has 0 bridgehead atoms. The summed E-state index contributed by atoms with van der Waals surface area (Å²) in [6, 6.07) is 3.32. The van der Waals surface area contributed by atoms with Crippen molar-refractivity contribution in [3.63, 3.8) is 0 Å². The number of nitrogens with zero attached hydrogens (tertiary/aromatic N) is 2. The topological polar surface area (TPSA) is 43.8 Å². The Morgan fingerprint density at radius 3 is 2.75 bits per heavy atom. The van der Waals surface area contributed by atoms with Gasteiger partial charge in [-0.2, -0.15) is 0 Å². The van der Waals surface area contributed by atoms with Crippen LogP contribution in [0.3, 0.4) is 0 Å². The van der Waals surface area contributed by atoms with Crippen molar-refractivity contribution in [1.82, 2.24) is 9.55 Å². The summed E-state index contributed by atoms with van der Waals surface area (Å²) in [4.78, 5) is 4.28. The van der Waals surface area contributed by atoms with Crippen LogP contribution in [0.4, 0.5) is 10.3 Å². The van der Waals surface area contributed by atoms with Crippen molar-refractivity contribution in [2.45, 2.75) is 53.0 Å². The number of anilines is 1. The average molecular weight is 277 g/mol. The van der Waals surface area contributed by atoms with Gasteiger partial charge in [-0.05, 0) is 30.9 Å². The summed E-state index contributed by atoms with van der Waals surface area (Å²) >= 11 is 0. The molecule has 4 heteroatoms. The van der Waals surface area contributed by atoms with Gasteiger partial charge in [-0.25, -0.2) is 9.37 Å². The highest BCUT2D eigenvalue weighted by atomic mass is 19.1. The van der Waals surface area contributed by atoms with E-state index in [0.29, 0.717) is 22.9 Å². The Morgan fingerprint density at radius 2 is 2.10 bits per heavy atom. The second-order valence-corrected chi connectivity index (χ2v) is 5.59. The Labute approximate surface area is 120 Å². The Bertz CT molecular complexity index is 589. The average Bonchev–Trinajstić information content (AvgIpc) is 2.71. The molecule has 0 radical (unpaired) electrons. The first kappa shape index (κ1) is 14.8. The van der Waals surface area contributed by atoms with Gasteiger partial charge >= 0.3 is 0 Å². The highest BCUT2D eigenvalue weighted by Crippen LogP contribution is 2.24. The van der Waals surface area contributed by atoms with Crippen molar-refractivity contribution in [3.05, 3.63) is 23.5 Å². The molecule has 1 aromatic heterocycles. The maximum Gasteiger partial charge on any atom is 0.201 e. The molecule has 1 heterocycles. The Kier molecular flexibility index (Phi) is 4.63. The van der Waals surface area contributed by atoms with E-state index in [-0.39, 0.29) is 5.82 Å². The number of aryl methyl sites for hydroxylation is 1. The summed E-state index contributed by atoms with van der Waals surface area (Å²) in [5.74, 6) is 0.861. The standard InChI is InChI=1S/C16H24FN3/c1-4-6-7-12(5-2)10-20-15-8-11(3)13(17)9-14(15)19-16(20)18/h8-9,12H,4-7,10H2,1-3H3,(H2,18,19). The second-order valence-electron chi connectivity index (χ2n) is 5.59. The Hall–Kier alpha value is -1.58. The molecule has 1 aromatic carbocycles. The third-order valence-corrected chi connectivity index (χ3v) is 4.04. The summed E-state index contributed by atoms with van der Waals surface area (Å²) in [6.07, 6.45) is 4.77. The summed E-state index contributed by atoms with van der Waals surface area (Å²) in [6.45, 7) is 7.06. The van der Waals surface area contributed by atoms with Crippen molar-refractivity contribution < 1.29 is 4.39 Å². The monoisotopic (exact) mass is 277 g/mol. The highest BCUT2D eigenvalue weighted by Gasteiger charge is 2.14. The third-order valence-electron chi connectivity index (χ3n) is 4.04. The van der Waals surface area contributed by atoms with Crippen LogP contribution < -0.4 is 5.73 Å². The largest absolute Gasteiger partial charge is 0.369 e. The number of benzene rings is 1. The zero-order valence-electron chi connectivity index (χ0n) is 12.6. The van der Waals surface area contributed by atoms with Gasteiger partial charge in [0.25, 0.3) is 0 Å². The zero-order valence-corrected chi connectivity index (χ0v) is 12.6. The Morgan fingerprint density at radius 1 is 1.35 bits per heavy atom. The van der Waals surface area contributed by atoms with Crippen LogP contribution in [-0.4, -0.2) is 9.55 Å². The van der Waals surface area contributed by atoms with Gasteiger partial charge in [-0.3, -0.25) is 0 Å². The molecule has 20 heavy (non-hydrogen) atoms. The summed E-state index contributed by atoms with van der Waals surface area (Å²) in [7, 11) is 0. The van der Waals surface area contributed by atoms with E-state index in [1.54, 1.807) is 6.92 Å². The molecule has 2 rings (SSSR count). The number of aromatic nitrogens is 2. The van der Waals surface area contributed by atoms with Crippen LogP contribution in [0.25, 0.3) is 11.0 Å². The third kappa shape index (κ3) is 2.94. The van der Waals surface area contributed by atoms with Crippen molar-refractivity contribution in [1.29, 1.82) is 0 Å². The van der Waals surface area contributed by atoms with Crippen LogP contribution in [0.15, 0.2) is 12.1 Å². The van der Waals surface area contributed by atoms with Crippen LogP contribution in [-0.2, 0) is 6.54 Å². The quantitative estimate of drug-likeness (QED) is 0.856. The fourth-order valence-electron chi connectivity index (χ4n) is 2.64. The first-order valence-electron chi connectivity index (χ1n) is 7.48. The van der Waals surface area contributed by atoms with Crippen LogP contribution in [0, 0.1) is 18.7 Å². The first-order valence-corrected chi connectivity index (χ1v) is 7.48. The molecule has 3 nitrogen and oxygen atoms in total. The molecule has 0 saturated heterocycles.